The molecule has 10 heteroatoms. The van der Waals surface area contributed by atoms with E-state index in [9.17, 15) is 13.2 Å². The number of carbonyl (C=O) groups is 1. The van der Waals surface area contributed by atoms with Gasteiger partial charge in [-0.15, -0.1) is 12.4 Å². The standard InChI is InChI=1S/C15H21Cl2N3O3S.ClH/c16-12-5-3-6-13(17)15(12)24(22,23)19-8-7-14(21)20-9-2-1-4-11(20)10-18;/h3,5-6,11,19H,1-2,4,7-10,18H2;1H. The van der Waals surface area contributed by atoms with E-state index in [2.05, 4.69) is 4.72 Å². The van der Waals surface area contributed by atoms with Gasteiger partial charge in [0.15, 0.2) is 0 Å². The molecule has 25 heavy (non-hydrogen) atoms. The molecule has 1 aliphatic heterocycles. The van der Waals surface area contributed by atoms with E-state index < -0.39 is 10.0 Å². The molecule has 1 unspecified atom stereocenters. The Hall–Kier alpha value is -0.570. The molecule has 0 aromatic heterocycles. The van der Waals surface area contributed by atoms with Crippen LogP contribution in [0.15, 0.2) is 23.1 Å². The van der Waals surface area contributed by atoms with Crippen molar-refractivity contribution >= 4 is 51.5 Å². The first-order chi connectivity index (χ1) is 11.4. The summed E-state index contributed by atoms with van der Waals surface area (Å²) in [6.45, 7) is 1.08. The van der Waals surface area contributed by atoms with Gasteiger partial charge in [0.2, 0.25) is 15.9 Å². The van der Waals surface area contributed by atoms with Crippen LogP contribution in [0.25, 0.3) is 0 Å². The molecule has 1 aromatic rings. The van der Waals surface area contributed by atoms with Crippen LogP contribution in [0.5, 0.6) is 0 Å². The number of benzene rings is 1. The van der Waals surface area contributed by atoms with Gasteiger partial charge in [-0.3, -0.25) is 4.79 Å². The maximum Gasteiger partial charge on any atom is 0.243 e. The second-order valence-corrected chi connectivity index (χ2v) is 8.19. The van der Waals surface area contributed by atoms with Crippen LogP contribution in [0.4, 0.5) is 0 Å². The van der Waals surface area contributed by atoms with Crippen LogP contribution < -0.4 is 10.5 Å². The highest BCUT2D eigenvalue weighted by atomic mass is 35.5. The molecule has 1 saturated heterocycles. The molecule has 0 saturated carbocycles. The number of likely N-dealkylation sites (tertiary alicyclic amines) is 1. The lowest BCUT2D eigenvalue weighted by Crippen LogP contribution is -2.48. The predicted molar refractivity (Wildman–Crippen MR) is 102 cm³/mol. The summed E-state index contributed by atoms with van der Waals surface area (Å²) in [7, 11) is -3.88. The number of hydrogen-bond acceptors (Lipinski definition) is 4. The Bertz CT molecular complexity index is 680. The lowest BCUT2D eigenvalue weighted by molar-refractivity contribution is -0.134. The highest BCUT2D eigenvalue weighted by molar-refractivity contribution is 7.89. The quantitative estimate of drug-likeness (QED) is 0.725. The number of sulfonamides is 1. The Labute approximate surface area is 164 Å². The van der Waals surface area contributed by atoms with Gasteiger partial charge >= 0.3 is 0 Å². The average molecular weight is 431 g/mol. The summed E-state index contributed by atoms with van der Waals surface area (Å²) in [5.41, 5.74) is 5.70. The highest BCUT2D eigenvalue weighted by Gasteiger charge is 2.26. The molecule has 142 valence electrons. The van der Waals surface area contributed by atoms with Crippen LogP contribution in [0.2, 0.25) is 10.0 Å². The number of amides is 1. The van der Waals surface area contributed by atoms with E-state index in [0.717, 1.165) is 19.3 Å². The Kier molecular flexibility index (Phi) is 8.94. The van der Waals surface area contributed by atoms with Gasteiger partial charge in [-0.25, -0.2) is 13.1 Å². The number of carbonyl (C=O) groups excluding carboxylic acids is 1. The number of nitrogens with two attached hydrogens (primary N) is 1. The zero-order chi connectivity index (χ0) is 17.7. The highest BCUT2D eigenvalue weighted by Crippen LogP contribution is 2.28. The monoisotopic (exact) mass is 429 g/mol. The van der Waals surface area contributed by atoms with E-state index in [1.807, 2.05) is 0 Å². The first-order valence-electron chi connectivity index (χ1n) is 7.80. The van der Waals surface area contributed by atoms with Crippen molar-refractivity contribution in [3.63, 3.8) is 0 Å². The number of nitrogens with zero attached hydrogens (tertiary/aromatic N) is 1. The zero-order valence-corrected chi connectivity index (χ0v) is 16.7. The Morgan fingerprint density at radius 2 is 1.92 bits per heavy atom. The summed E-state index contributed by atoms with van der Waals surface area (Å²) in [5, 5.41) is 0.0844. The molecular weight excluding hydrogens is 409 g/mol. The van der Waals surface area contributed by atoms with Gasteiger partial charge in [0.25, 0.3) is 0 Å². The Morgan fingerprint density at radius 1 is 1.28 bits per heavy atom. The number of halogens is 3. The minimum absolute atomic E-state index is 0. The average Bonchev–Trinajstić information content (AvgIpc) is 2.54. The van der Waals surface area contributed by atoms with Crippen LogP contribution in [0.3, 0.4) is 0 Å². The molecule has 0 radical (unpaired) electrons. The van der Waals surface area contributed by atoms with E-state index in [1.165, 1.54) is 12.1 Å². The van der Waals surface area contributed by atoms with Gasteiger partial charge in [0, 0.05) is 32.1 Å². The summed E-state index contributed by atoms with van der Waals surface area (Å²) in [6, 6.07) is 4.51. The summed E-state index contributed by atoms with van der Waals surface area (Å²) in [4.78, 5) is 13.9. The lowest BCUT2D eigenvalue weighted by Gasteiger charge is -2.35. The fraction of sp³-hybridized carbons (Fsp3) is 0.533. The third kappa shape index (κ3) is 5.70. The fourth-order valence-electron chi connectivity index (χ4n) is 2.82. The second-order valence-electron chi connectivity index (χ2n) is 5.67. The maximum atomic E-state index is 12.3. The van der Waals surface area contributed by atoms with Gasteiger partial charge in [0.1, 0.15) is 4.90 Å². The summed E-state index contributed by atoms with van der Waals surface area (Å²) < 4.78 is 27.0. The zero-order valence-electron chi connectivity index (χ0n) is 13.6. The molecule has 1 fully saturated rings. The van der Waals surface area contributed by atoms with Crippen molar-refractivity contribution in [2.24, 2.45) is 5.73 Å². The van der Waals surface area contributed by atoms with Gasteiger partial charge in [-0.05, 0) is 31.4 Å². The van der Waals surface area contributed by atoms with E-state index in [4.69, 9.17) is 28.9 Å². The molecule has 0 aliphatic carbocycles. The fourth-order valence-corrected chi connectivity index (χ4v) is 4.99. The normalized spacial score (nSPS) is 17.9. The first kappa shape index (κ1) is 22.5. The van der Waals surface area contributed by atoms with E-state index in [0.29, 0.717) is 13.1 Å². The molecule has 0 bridgehead atoms. The number of nitrogens with one attached hydrogen (secondary N) is 1. The number of rotatable bonds is 6. The molecule has 1 atom stereocenters. The van der Waals surface area contributed by atoms with Crippen molar-refractivity contribution in [3.8, 4) is 0 Å². The van der Waals surface area contributed by atoms with Crippen LogP contribution >= 0.6 is 35.6 Å². The predicted octanol–water partition coefficient (Wildman–Crippen LogP) is 2.42. The van der Waals surface area contributed by atoms with Crippen LogP contribution in [0.1, 0.15) is 25.7 Å². The largest absolute Gasteiger partial charge is 0.338 e. The van der Waals surface area contributed by atoms with Crippen molar-refractivity contribution in [2.45, 2.75) is 36.6 Å². The minimum atomic E-state index is -3.88. The van der Waals surface area contributed by atoms with Crippen molar-refractivity contribution in [2.75, 3.05) is 19.6 Å². The third-order valence-corrected chi connectivity index (χ3v) is 6.45. The lowest BCUT2D eigenvalue weighted by atomic mass is 10.0. The van der Waals surface area contributed by atoms with Crippen molar-refractivity contribution in [1.82, 2.24) is 9.62 Å². The Morgan fingerprint density at radius 3 is 2.52 bits per heavy atom. The summed E-state index contributed by atoms with van der Waals surface area (Å²) in [6.07, 6.45) is 2.97. The molecule has 1 aliphatic rings. The molecule has 1 aromatic carbocycles. The smallest absolute Gasteiger partial charge is 0.243 e. The number of piperidine rings is 1. The number of hydrogen-bond donors (Lipinski definition) is 2. The first-order valence-corrected chi connectivity index (χ1v) is 10.0. The molecule has 2 rings (SSSR count). The van der Waals surface area contributed by atoms with Crippen molar-refractivity contribution < 1.29 is 13.2 Å². The molecule has 1 heterocycles. The maximum absolute atomic E-state index is 12.3. The van der Waals surface area contributed by atoms with Gasteiger partial charge in [0.05, 0.1) is 10.0 Å². The Balaban J connectivity index is 0.00000312. The van der Waals surface area contributed by atoms with Crippen LogP contribution in [-0.2, 0) is 14.8 Å². The van der Waals surface area contributed by atoms with Crippen LogP contribution in [-0.4, -0.2) is 44.9 Å². The summed E-state index contributed by atoms with van der Waals surface area (Å²) in [5.74, 6) is -0.0990. The van der Waals surface area contributed by atoms with Crippen molar-refractivity contribution in [3.05, 3.63) is 28.2 Å². The van der Waals surface area contributed by atoms with E-state index >= 15 is 0 Å². The minimum Gasteiger partial charge on any atom is -0.338 e. The molecule has 1 amide bonds. The van der Waals surface area contributed by atoms with Crippen LogP contribution in [0, 0.1) is 0 Å². The van der Waals surface area contributed by atoms with E-state index in [1.54, 1.807) is 11.0 Å². The third-order valence-electron chi connectivity index (χ3n) is 4.04. The molecule has 0 spiro atoms. The SMILES string of the molecule is Cl.NCC1CCCCN1C(=O)CCNS(=O)(=O)c1c(Cl)cccc1Cl. The van der Waals surface area contributed by atoms with E-state index in [-0.39, 0.29) is 52.3 Å². The van der Waals surface area contributed by atoms with Gasteiger partial charge in [-0.1, -0.05) is 29.3 Å². The second kappa shape index (κ2) is 9.94. The molecule has 6 nitrogen and oxygen atoms in total. The van der Waals surface area contributed by atoms with Crippen molar-refractivity contribution in [1.29, 1.82) is 0 Å². The molecular formula is C15H22Cl3N3O3S. The summed E-state index contributed by atoms with van der Waals surface area (Å²) >= 11 is 11.8. The van der Waals surface area contributed by atoms with Gasteiger partial charge in [-0.2, -0.15) is 0 Å². The molecule has 3 N–H and O–H groups in total. The topological polar surface area (TPSA) is 92.5 Å². The van der Waals surface area contributed by atoms with Gasteiger partial charge < -0.3 is 10.6 Å².